The lowest BCUT2D eigenvalue weighted by Crippen LogP contribution is -2.32. The summed E-state index contributed by atoms with van der Waals surface area (Å²) in [6.45, 7) is 6.86. The number of rotatable bonds is 6. The Morgan fingerprint density at radius 1 is 1.23 bits per heavy atom. The highest BCUT2D eigenvalue weighted by atomic mass is 35.5. The molecule has 12 heteroatoms. The van der Waals surface area contributed by atoms with Gasteiger partial charge in [-0.1, -0.05) is 18.5 Å². The van der Waals surface area contributed by atoms with Crippen LogP contribution in [0.1, 0.15) is 52.9 Å². The number of anilines is 1. The second-order valence-corrected chi connectivity index (χ2v) is 8.52. The number of ether oxygens (including phenoxy) is 2. The van der Waals surface area contributed by atoms with Crippen LogP contribution in [0.2, 0.25) is 5.02 Å². The number of carbonyl (C=O) groups excluding carboxylic acids is 2. The van der Waals surface area contributed by atoms with Crippen LogP contribution in [0, 0.1) is 6.92 Å². The van der Waals surface area contributed by atoms with Gasteiger partial charge in [0.1, 0.15) is 11.3 Å². The molecular weight excluding hydrogens is 484 g/mol. The van der Waals surface area contributed by atoms with Gasteiger partial charge in [-0.2, -0.15) is 5.10 Å². The Balaban J connectivity index is 1.83. The van der Waals surface area contributed by atoms with Crippen molar-refractivity contribution in [1.29, 1.82) is 0 Å². The van der Waals surface area contributed by atoms with Crippen molar-refractivity contribution < 1.29 is 27.8 Å². The molecule has 1 aliphatic rings. The number of fused-ring (bicyclic) bond motifs is 1. The Morgan fingerprint density at radius 2 is 1.97 bits per heavy atom. The van der Waals surface area contributed by atoms with Crippen LogP contribution in [0.5, 0.6) is 11.5 Å². The number of hydrogen-bond donors (Lipinski definition) is 2. The molecule has 2 aromatic heterocycles. The van der Waals surface area contributed by atoms with Gasteiger partial charge in [0.05, 0.1) is 16.4 Å². The van der Waals surface area contributed by atoms with E-state index in [1.54, 1.807) is 39.8 Å². The van der Waals surface area contributed by atoms with Crippen molar-refractivity contribution in [2.75, 3.05) is 5.32 Å². The van der Waals surface area contributed by atoms with Gasteiger partial charge in [0.25, 0.3) is 11.8 Å². The summed E-state index contributed by atoms with van der Waals surface area (Å²) in [5.74, 6) is -1.89. The van der Waals surface area contributed by atoms with Crippen molar-refractivity contribution in [3.8, 4) is 17.3 Å². The molecule has 1 aromatic carbocycles. The molecule has 184 valence electrons. The molecule has 0 spiro atoms. The summed E-state index contributed by atoms with van der Waals surface area (Å²) in [6.07, 6.45) is -2.15. The van der Waals surface area contributed by atoms with E-state index in [4.69, 9.17) is 11.6 Å². The first-order valence-electron chi connectivity index (χ1n) is 10.8. The molecular formula is C23H22ClF2N5O4. The average Bonchev–Trinajstić information content (AvgIpc) is 3.30. The maximum atomic E-state index is 13.9. The van der Waals surface area contributed by atoms with Crippen molar-refractivity contribution in [2.45, 2.75) is 46.5 Å². The Kier molecular flexibility index (Phi) is 6.37. The fraction of sp³-hybridized carbons (Fsp3) is 0.304. The summed E-state index contributed by atoms with van der Waals surface area (Å²) >= 11 is 6.25. The molecule has 3 aromatic rings. The van der Waals surface area contributed by atoms with Gasteiger partial charge in [0.15, 0.2) is 17.3 Å². The van der Waals surface area contributed by atoms with Gasteiger partial charge in [-0.25, -0.2) is 9.67 Å². The van der Waals surface area contributed by atoms with Crippen LogP contribution in [0.25, 0.3) is 5.82 Å². The smallest absolute Gasteiger partial charge is 0.395 e. The maximum absolute atomic E-state index is 13.9. The summed E-state index contributed by atoms with van der Waals surface area (Å²) in [5, 5.41) is 9.91. The fourth-order valence-electron chi connectivity index (χ4n) is 3.64. The monoisotopic (exact) mass is 505 g/mol. The van der Waals surface area contributed by atoms with Crippen LogP contribution in [0.4, 0.5) is 14.5 Å². The number of nitrogens with zero attached hydrogens (tertiary/aromatic N) is 3. The van der Waals surface area contributed by atoms with Gasteiger partial charge in [0, 0.05) is 12.2 Å². The van der Waals surface area contributed by atoms with E-state index in [-0.39, 0.29) is 39.6 Å². The molecule has 0 aliphatic carbocycles. The second-order valence-electron chi connectivity index (χ2n) is 8.11. The molecule has 0 bridgehead atoms. The largest absolute Gasteiger partial charge is 0.586 e. The van der Waals surface area contributed by atoms with Gasteiger partial charge < -0.3 is 20.1 Å². The molecule has 0 saturated heterocycles. The van der Waals surface area contributed by atoms with Gasteiger partial charge >= 0.3 is 6.29 Å². The van der Waals surface area contributed by atoms with Gasteiger partial charge in [-0.15, -0.1) is 8.78 Å². The zero-order valence-electron chi connectivity index (χ0n) is 19.3. The van der Waals surface area contributed by atoms with Crippen LogP contribution in [0.3, 0.4) is 0 Å². The van der Waals surface area contributed by atoms with Crippen molar-refractivity contribution >= 4 is 29.1 Å². The summed E-state index contributed by atoms with van der Waals surface area (Å²) in [5.41, 5.74) is 0.732. The van der Waals surface area contributed by atoms with E-state index in [0.717, 1.165) is 0 Å². The standard InChI is InChI=1S/C23H22ClF2N5O4/c1-5-13-10-16-19(35-23(25,26)34-16)17(22(33)28-11(2)3)18(13)29-21(32)15-9-12(4)30-31(15)20-14(24)7-6-8-27-20/h6-11H,5H2,1-4H3,(H,28,33)(H,29,32). The first kappa shape index (κ1) is 24.4. The topological polar surface area (TPSA) is 107 Å². The lowest BCUT2D eigenvalue weighted by Gasteiger charge is -2.18. The van der Waals surface area contributed by atoms with E-state index in [0.29, 0.717) is 17.7 Å². The first-order chi connectivity index (χ1) is 16.5. The van der Waals surface area contributed by atoms with Crippen LogP contribution in [-0.4, -0.2) is 38.9 Å². The molecule has 0 unspecified atom stereocenters. The number of benzene rings is 1. The fourth-order valence-corrected chi connectivity index (χ4v) is 3.85. The Bertz CT molecular complexity index is 1330. The number of carbonyl (C=O) groups is 2. The van der Waals surface area contributed by atoms with Crippen LogP contribution in [-0.2, 0) is 6.42 Å². The molecule has 0 atom stereocenters. The van der Waals surface area contributed by atoms with E-state index in [1.165, 1.54) is 23.0 Å². The number of pyridine rings is 1. The minimum atomic E-state index is -3.95. The van der Waals surface area contributed by atoms with Crippen LogP contribution in [0.15, 0.2) is 30.5 Å². The molecule has 2 N–H and O–H groups in total. The van der Waals surface area contributed by atoms with E-state index >= 15 is 0 Å². The minimum absolute atomic E-state index is 0.0215. The summed E-state index contributed by atoms with van der Waals surface area (Å²) in [6, 6.07) is 5.75. The number of halogens is 3. The van der Waals surface area contributed by atoms with Crippen molar-refractivity contribution in [3.05, 3.63) is 58.0 Å². The predicted octanol–water partition coefficient (Wildman–Crippen LogP) is 4.50. The van der Waals surface area contributed by atoms with E-state index in [1.807, 2.05) is 0 Å². The van der Waals surface area contributed by atoms with Gasteiger partial charge in [-0.05, 0) is 57.0 Å². The third-order valence-corrected chi connectivity index (χ3v) is 5.34. The molecule has 0 radical (unpaired) electrons. The Morgan fingerprint density at radius 3 is 2.63 bits per heavy atom. The highest BCUT2D eigenvalue weighted by molar-refractivity contribution is 6.32. The molecule has 0 fully saturated rings. The third kappa shape index (κ3) is 4.76. The highest BCUT2D eigenvalue weighted by Gasteiger charge is 2.46. The minimum Gasteiger partial charge on any atom is -0.395 e. The van der Waals surface area contributed by atoms with Crippen molar-refractivity contribution in [1.82, 2.24) is 20.1 Å². The van der Waals surface area contributed by atoms with E-state index < -0.39 is 23.9 Å². The molecule has 9 nitrogen and oxygen atoms in total. The number of aryl methyl sites for hydroxylation is 2. The average molecular weight is 506 g/mol. The molecule has 2 amide bonds. The Hall–Kier alpha value is -3.73. The molecule has 1 aliphatic heterocycles. The maximum Gasteiger partial charge on any atom is 0.586 e. The van der Waals surface area contributed by atoms with E-state index in [9.17, 15) is 18.4 Å². The zero-order chi connectivity index (χ0) is 25.5. The number of nitrogens with one attached hydrogen (secondary N) is 2. The van der Waals surface area contributed by atoms with E-state index in [2.05, 4.69) is 30.2 Å². The van der Waals surface area contributed by atoms with Gasteiger partial charge in [0.2, 0.25) is 0 Å². The second kappa shape index (κ2) is 9.14. The highest BCUT2D eigenvalue weighted by Crippen LogP contribution is 2.48. The number of aromatic nitrogens is 3. The normalized spacial score (nSPS) is 13.7. The molecule has 0 saturated carbocycles. The third-order valence-electron chi connectivity index (χ3n) is 5.05. The van der Waals surface area contributed by atoms with Gasteiger partial charge in [-0.3, -0.25) is 9.59 Å². The summed E-state index contributed by atoms with van der Waals surface area (Å²) < 4.78 is 38.4. The summed E-state index contributed by atoms with van der Waals surface area (Å²) in [7, 11) is 0. The SMILES string of the molecule is CCc1cc2c(c(C(=O)NC(C)C)c1NC(=O)c1cc(C)nn1-c1ncccc1Cl)OC(F)(F)O2. The van der Waals surface area contributed by atoms with Crippen molar-refractivity contribution in [3.63, 3.8) is 0 Å². The molecule has 35 heavy (non-hydrogen) atoms. The Labute approximate surface area is 204 Å². The molecule has 3 heterocycles. The first-order valence-corrected chi connectivity index (χ1v) is 11.1. The lowest BCUT2D eigenvalue weighted by atomic mass is 10.0. The number of amides is 2. The zero-order valence-corrected chi connectivity index (χ0v) is 20.0. The van der Waals surface area contributed by atoms with Crippen LogP contribution < -0.4 is 20.1 Å². The van der Waals surface area contributed by atoms with Crippen molar-refractivity contribution in [2.24, 2.45) is 0 Å². The predicted molar refractivity (Wildman–Crippen MR) is 124 cm³/mol. The number of alkyl halides is 2. The van der Waals surface area contributed by atoms with Crippen LogP contribution >= 0.6 is 11.6 Å². The quantitative estimate of drug-likeness (QED) is 0.510. The number of hydrogen-bond acceptors (Lipinski definition) is 6. The summed E-state index contributed by atoms with van der Waals surface area (Å²) in [4.78, 5) is 30.7. The molecule has 4 rings (SSSR count). The lowest BCUT2D eigenvalue weighted by molar-refractivity contribution is -0.286.